The first-order chi connectivity index (χ1) is 9.19. The number of terminal acetylenes is 1. The molecule has 2 atom stereocenters. The van der Waals surface area contributed by atoms with E-state index in [-0.39, 0.29) is 12.8 Å². The average molecular weight is 258 g/mol. The maximum Gasteiger partial charge on any atom is 0.153 e. The summed E-state index contributed by atoms with van der Waals surface area (Å²) in [6, 6.07) is 1.85. The van der Waals surface area contributed by atoms with Gasteiger partial charge in [0.05, 0.1) is 12.0 Å². The van der Waals surface area contributed by atoms with Crippen molar-refractivity contribution in [2.45, 2.75) is 24.7 Å². The van der Waals surface area contributed by atoms with Crippen LogP contribution in [-0.2, 0) is 4.74 Å². The van der Waals surface area contributed by atoms with Crippen LogP contribution >= 0.6 is 0 Å². The van der Waals surface area contributed by atoms with Crippen LogP contribution in [0.25, 0.3) is 11.0 Å². The van der Waals surface area contributed by atoms with Crippen molar-refractivity contribution in [2.24, 2.45) is 0 Å². The highest BCUT2D eigenvalue weighted by atomic mass is 16.5. The van der Waals surface area contributed by atoms with Crippen LogP contribution < -0.4 is 5.73 Å². The summed E-state index contributed by atoms with van der Waals surface area (Å²) in [4.78, 5) is 8.17. The third-order valence-electron chi connectivity index (χ3n) is 3.53. The minimum atomic E-state index is -0.889. The lowest BCUT2D eigenvalue weighted by atomic mass is 10.0. The van der Waals surface area contributed by atoms with Crippen molar-refractivity contribution in [1.29, 1.82) is 0 Å². The van der Waals surface area contributed by atoms with E-state index in [0.29, 0.717) is 17.9 Å². The van der Waals surface area contributed by atoms with Crippen LogP contribution in [0.15, 0.2) is 18.6 Å². The van der Waals surface area contributed by atoms with Crippen molar-refractivity contribution in [3.63, 3.8) is 0 Å². The van der Waals surface area contributed by atoms with Crippen molar-refractivity contribution < 1.29 is 9.84 Å². The highest BCUT2D eigenvalue weighted by Crippen LogP contribution is 2.37. The zero-order chi connectivity index (χ0) is 13.5. The summed E-state index contributed by atoms with van der Waals surface area (Å²) in [5.74, 6) is 2.97. The lowest BCUT2D eigenvalue weighted by Gasteiger charge is -2.21. The van der Waals surface area contributed by atoms with Gasteiger partial charge in [0.2, 0.25) is 0 Å². The van der Waals surface area contributed by atoms with Crippen LogP contribution in [0.4, 0.5) is 5.82 Å². The Balaban J connectivity index is 1.99. The molecule has 2 aromatic heterocycles. The number of hydrogen-bond donors (Lipinski definition) is 2. The van der Waals surface area contributed by atoms with Gasteiger partial charge in [-0.1, -0.05) is 5.92 Å². The fourth-order valence-corrected chi connectivity index (χ4v) is 2.42. The molecule has 0 bridgehead atoms. The van der Waals surface area contributed by atoms with Gasteiger partial charge in [-0.25, -0.2) is 9.97 Å². The van der Waals surface area contributed by atoms with Crippen LogP contribution in [0, 0.1) is 12.3 Å². The van der Waals surface area contributed by atoms with Gasteiger partial charge in [0.15, 0.2) is 5.60 Å². The normalized spacial score (nSPS) is 26.6. The molecule has 6 nitrogen and oxygen atoms in total. The number of hydrogen-bond acceptors (Lipinski definition) is 5. The highest BCUT2D eigenvalue weighted by molar-refractivity contribution is 5.86. The van der Waals surface area contributed by atoms with Crippen molar-refractivity contribution >= 4 is 16.9 Å². The standard InChI is InChI=1S/C13H14N4O2/c1-2-13(7-18)5-3-10(19-13)17-6-4-9-11(14)15-8-16-12(9)17/h1,4,6,8,10,18H,3,5,7H2,(H2,14,15,16). The van der Waals surface area contributed by atoms with Crippen molar-refractivity contribution in [2.75, 3.05) is 12.3 Å². The SMILES string of the molecule is C#CC1(CO)CCC(n2ccc3c(N)ncnc32)O1. The predicted molar refractivity (Wildman–Crippen MR) is 69.9 cm³/mol. The van der Waals surface area contributed by atoms with Crippen LogP contribution in [-0.4, -0.2) is 31.8 Å². The van der Waals surface area contributed by atoms with Gasteiger partial charge in [0.1, 0.15) is 24.0 Å². The molecule has 0 aliphatic carbocycles. The molecule has 2 aromatic rings. The Bertz CT molecular complexity index is 660. The summed E-state index contributed by atoms with van der Waals surface area (Å²) >= 11 is 0. The molecule has 19 heavy (non-hydrogen) atoms. The summed E-state index contributed by atoms with van der Waals surface area (Å²) in [6.45, 7) is -0.184. The molecule has 1 saturated heterocycles. The van der Waals surface area contributed by atoms with Gasteiger partial charge in [-0.15, -0.1) is 6.42 Å². The minimum absolute atomic E-state index is 0.184. The number of nitrogens with zero attached hydrogens (tertiary/aromatic N) is 3. The van der Waals surface area contributed by atoms with E-state index in [4.69, 9.17) is 16.9 Å². The molecule has 2 unspecified atom stereocenters. The summed E-state index contributed by atoms with van der Waals surface area (Å²) in [5.41, 5.74) is 5.62. The molecule has 0 amide bonds. The maximum absolute atomic E-state index is 9.37. The number of fused-ring (bicyclic) bond motifs is 1. The van der Waals surface area contributed by atoms with Gasteiger partial charge < -0.3 is 20.1 Å². The second kappa shape index (κ2) is 4.23. The number of aromatic nitrogens is 3. The van der Waals surface area contributed by atoms with Crippen molar-refractivity contribution in [1.82, 2.24) is 14.5 Å². The zero-order valence-corrected chi connectivity index (χ0v) is 10.3. The molecule has 1 aliphatic heterocycles. The molecule has 6 heteroatoms. The fraction of sp³-hybridized carbons (Fsp3) is 0.385. The van der Waals surface area contributed by atoms with Crippen LogP contribution in [0.3, 0.4) is 0 Å². The third kappa shape index (κ3) is 1.75. The predicted octanol–water partition coefficient (Wildman–Crippen LogP) is 0.687. The van der Waals surface area contributed by atoms with Gasteiger partial charge in [-0.2, -0.15) is 0 Å². The molecule has 3 heterocycles. The molecule has 3 rings (SSSR count). The first-order valence-corrected chi connectivity index (χ1v) is 6.02. The lowest BCUT2D eigenvalue weighted by Crippen LogP contribution is -2.31. The first kappa shape index (κ1) is 12.0. The molecule has 0 saturated carbocycles. The van der Waals surface area contributed by atoms with E-state index in [1.54, 1.807) is 0 Å². The Labute approximate surface area is 110 Å². The van der Waals surface area contributed by atoms with Gasteiger partial charge in [-0.05, 0) is 18.9 Å². The van der Waals surface area contributed by atoms with E-state index in [1.807, 2.05) is 16.8 Å². The monoisotopic (exact) mass is 258 g/mol. The van der Waals surface area contributed by atoms with Crippen molar-refractivity contribution in [3.8, 4) is 12.3 Å². The molecular formula is C13H14N4O2. The fourth-order valence-electron chi connectivity index (χ4n) is 2.42. The maximum atomic E-state index is 9.37. The summed E-state index contributed by atoms with van der Waals surface area (Å²) in [6.07, 6.45) is 9.81. The average Bonchev–Trinajstić information content (AvgIpc) is 3.03. The van der Waals surface area contributed by atoms with E-state index in [2.05, 4.69) is 15.9 Å². The van der Waals surface area contributed by atoms with Crippen LogP contribution in [0.1, 0.15) is 19.1 Å². The van der Waals surface area contributed by atoms with E-state index in [0.717, 1.165) is 11.8 Å². The molecule has 98 valence electrons. The Morgan fingerprint density at radius 2 is 2.47 bits per heavy atom. The van der Waals surface area contributed by atoms with E-state index in [9.17, 15) is 5.11 Å². The first-order valence-electron chi connectivity index (χ1n) is 6.02. The van der Waals surface area contributed by atoms with Crippen LogP contribution in [0.5, 0.6) is 0 Å². The van der Waals surface area contributed by atoms with E-state index < -0.39 is 5.60 Å². The molecule has 0 aromatic carbocycles. The quantitative estimate of drug-likeness (QED) is 0.774. The molecule has 3 N–H and O–H groups in total. The van der Waals surface area contributed by atoms with Gasteiger partial charge >= 0.3 is 0 Å². The summed E-state index contributed by atoms with van der Waals surface area (Å²) in [7, 11) is 0. The van der Waals surface area contributed by atoms with E-state index in [1.165, 1.54) is 6.33 Å². The number of rotatable bonds is 2. The minimum Gasteiger partial charge on any atom is -0.392 e. The third-order valence-corrected chi connectivity index (χ3v) is 3.53. The Morgan fingerprint density at radius 1 is 1.63 bits per heavy atom. The van der Waals surface area contributed by atoms with Gasteiger partial charge in [0, 0.05) is 6.20 Å². The smallest absolute Gasteiger partial charge is 0.153 e. The molecule has 0 spiro atoms. The summed E-state index contributed by atoms with van der Waals surface area (Å²) < 4.78 is 7.69. The number of ether oxygens (including phenoxy) is 1. The number of nitrogens with two attached hydrogens (primary N) is 1. The van der Waals surface area contributed by atoms with Crippen molar-refractivity contribution in [3.05, 3.63) is 18.6 Å². The topological polar surface area (TPSA) is 86.2 Å². The number of aliphatic hydroxyl groups is 1. The molecule has 0 radical (unpaired) electrons. The summed E-state index contributed by atoms with van der Waals surface area (Å²) in [5, 5.41) is 10.2. The second-order valence-electron chi connectivity index (χ2n) is 4.63. The second-order valence-corrected chi connectivity index (χ2v) is 4.63. The largest absolute Gasteiger partial charge is 0.392 e. The van der Waals surface area contributed by atoms with Gasteiger partial charge in [-0.3, -0.25) is 0 Å². The highest BCUT2D eigenvalue weighted by Gasteiger charge is 2.39. The Hall–Kier alpha value is -2.10. The Kier molecular flexibility index (Phi) is 2.66. The van der Waals surface area contributed by atoms with E-state index >= 15 is 0 Å². The lowest BCUT2D eigenvalue weighted by molar-refractivity contribution is -0.0615. The molecule has 1 fully saturated rings. The zero-order valence-electron chi connectivity index (χ0n) is 10.3. The van der Waals surface area contributed by atoms with Gasteiger partial charge in [0.25, 0.3) is 0 Å². The number of nitrogen functional groups attached to an aromatic ring is 1. The number of aliphatic hydroxyl groups excluding tert-OH is 1. The number of anilines is 1. The Morgan fingerprint density at radius 3 is 3.16 bits per heavy atom. The molecule has 1 aliphatic rings. The van der Waals surface area contributed by atoms with Crippen LogP contribution in [0.2, 0.25) is 0 Å². The molecular weight excluding hydrogens is 244 g/mol.